The molecular formula is C17H17IN2O. The van der Waals surface area contributed by atoms with Crippen molar-refractivity contribution in [3.8, 4) is 0 Å². The minimum Gasteiger partial charge on any atom is -0.267 e. The van der Waals surface area contributed by atoms with E-state index >= 15 is 0 Å². The molecule has 0 saturated heterocycles. The number of rotatable bonds is 3. The molecule has 1 amide bonds. The summed E-state index contributed by atoms with van der Waals surface area (Å²) in [7, 11) is 0. The molecule has 0 bridgehead atoms. The van der Waals surface area contributed by atoms with Gasteiger partial charge in [0.25, 0.3) is 5.91 Å². The van der Waals surface area contributed by atoms with Gasteiger partial charge >= 0.3 is 0 Å². The van der Waals surface area contributed by atoms with Crippen LogP contribution in [-0.2, 0) is 0 Å². The van der Waals surface area contributed by atoms with E-state index in [-0.39, 0.29) is 5.91 Å². The summed E-state index contributed by atoms with van der Waals surface area (Å²) in [5.74, 6) is -0.196. The van der Waals surface area contributed by atoms with Gasteiger partial charge in [0.15, 0.2) is 0 Å². The fourth-order valence-electron chi connectivity index (χ4n) is 2.26. The Balaban J connectivity index is 2.13. The number of nitrogens with zero attached hydrogens (tertiary/aromatic N) is 1. The third-order valence-electron chi connectivity index (χ3n) is 3.22. The van der Waals surface area contributed by atoms with Gasteiger partial charge in [-0.1, -0.05) is 29.8 Å². The fourth-order valence-corrected chi connectivity index (χ4v) is 2.89. The zero-order chi connectivity index (χ0) is 15.4. The summed E-state index contributed by atoms with van der Waals surface area (Å²) in [5, 5.41) is 4.08. The number of hydrogen-bond acceptors (Lipinski definition) is 2. The van der Waals surface area contributed by atoms with Crippen LogP contribution < -0.4 is 5.43 Å². The summed E-state index contributed by atoms with van der Waals surface area (Å²) in [4.78, 5) is 12.1. The number of carbonyl (C=O) groups excluding carboxylic acids is 1. The Labute approximate surface area is 138 Å². The SMILES string of the molecule is Cc1cc(C)c(/C=N/NC(=O)c2ccccc2I)c(C)c1. The van der Waals surface area contributed by atoms with Gasteiger partial charge in [0, 0.05) is 9.13 Å². The molecule has 0 aliphatic carbocycles. The normalized spacial score (nSPS) is 10.9. The second-order valence-electron chi connectivity index (χ2n) is 4.99. The monoisotopic (exact) mass is 392 g/mol. The molecular weight excluding hydrogens is 375 g/mol. The van der Waals surface area contributed by atoms with Gasteiger partial charge in [0.1, 0.15) is 0 Å². The average Bonchev–Trinajstić information content (AvgIpc) is 2.42. The Morgan fingerprint density at radius 3 is 2.38 bits per heavy atom. The second-order valence-corrected chi connectivity index (χ2v) is 6.15. The molecule has 0 aliphatic rings. The van der Waals surface area contributed by atoms with Gasteiger partial charge in [-0.3, -0.25) is 4.79 Å². The van der Waals surface area contributed by atoms with Gasteiger partial charge in [-0.25, -0.2) is 5.43 Å². The van der Waals surface area contributed by atoms with Crippen LogP contribution >= 0.6 is 22.6 Å². The molecule has 0 unspecified atom stereocenters. The number of nitrogens with one attached hydrogen (secondary N) is 1. The van der Waals surface area contributed by atoms with Gasteiger partial charge in [-0.15, -0.1) is 0 Å². The summed E-state index contributed by atoms with van der Waals surface area (Å²) in [6.07, 6.45) is 1.71. The molecule has 0 aliphatic heterocycles. The van der Waals surface area contributed by atoms with Crippen molar-refractivity contribution in [2.24, 2.45) is 5.10 Å². The summed E-state index contributed by atoms with van der Waals surface area (Å²) in [6.45, 7) is 6.16. The molecule has 0 aromatic heterocycles. The molecule has 1 N–H and O–H groups in total. The highest BCUT2D eigenvalue weighted by molar-refractivity contribution is 14.1. The van der Waals surface area contributed by atoms with Gasteiger partial charge in [0.2, 0.25) is 0 Å². The zero-order valence-corrected chi connectivity index (χ0v) is 14.4. The van der Waals surface area contributed by atoms with Crippen molar-refractivity contribution in [3.05, 3.63) is 67.8 Å². The number of hydrazone groups is 1. The van der Waals surface area contributed by atoms with Crippen LogP contribution in [0.25, 0.3) is 0 Å². The number of hydrogen-bond donors (Lipinski definition) is 1. The van der Waals surface area contributed by atoms with E-state index in [0.29, 0.717) is 5.56 Å². The molecule has 4 heteroatoms. The van der Waals surface area contributed by atoms with Crippen LogP contribution in [0, 0.1) is 24.3 Å². The largest absolute Gasteiger partial charge is 0.272 e. The summed E-state index contributed by atoms with van der Waals surface area (Å²) < 4.78 is 0.908. The average molecular weight is 392 g/mol. The maximum Gasteiger partial charge on any atom is 0.272 e. The minimum atomic E-state index is -0.196. The van der Waals surface area contributed by atoms with E-state index in [1.807, 2.05) is 32.0 Å². The molecule has 0 radical (unpaired) electrons. The van der Waals surface area contributed by atoms with Gasteiger partial charge in [-0.05, 0) is 66.6 Å². The lowest BCUT2D eigenvalue weighted by atomic mass is 10.0. The molecule has 2 aromatic carbocycles. The highest BCUT2D eigenvalue weighted by Crippen LogP contribution is 2.14. The highest BCUT2D eigenvalue weighted by atomic mass is 127. The Bertz CT molecular complexity index is 685. The molecule has 0 atom stereocenters. The van der Waals surface area contributed by atoms with E-state index < -0.39 is 0 Å². The molecule has 0 heterocycles. The van der Waals surface area contributed by atoms with E-state index in [9.17, 15) is 4.79 Å². The first-order valence-electron chi connectivity index (χ1n) is 6.65. The number of aryl methyl sites for hydroxylation is 3. The maximum absolute atomic E-state index is 12.1. The number of benzene rings is 2. The molecule has 108 valence electrons. The van der Waals surface area contributed by atoms with Crippen LogP contribution in [0.4, 0.5) is 0 Å². The van der Waals surface area contributed by atoms with Crippen molar-refractivity contribution in [2.45, 2.75) is 20.8 Å². The summed E-state index contributed by atoms with van der Waals surface area (Å²) in [5.41, 5.74) is 7.79. The van der Waals surface area contributed by atoms with Crippen molar-refractivity contribution in [3.63, 3.8) is 0 Å². The Hall–Kier alpha value is -1.69. The lowest BCUT2D eigenvalue weighted by molar-refractivity contribution is 0.0954. The molecule has 0 saturated carbocycles. The Kier molecular flexibility index (Phi) is 5.12. The van der Waals surface area contributed by atoms with Crippen molar-refractivity contribution < 1.29 is 4.79 Å². The van der Waals surface area contributed by atoms with Crippen LogP contribution in [0.1, 0.15) is 32.6 Å². The zero-order valence-electron chi connectivity index (χ0n) is 12.3. The third kappa shape index (κ3) is 3.91. The van der Waals surface area contributed by atoms with E-state index in [1.54, 1.807) is 12.3 Å². The fraction of sp³-hybridized carbons (Fsp3) is 0.176. The van der Waals surface area contributed by atoms with E-state index in [2.05, 4.69) is 52.2 Å². The predicted molar refractivity (Wildman–Crippen MR) is 94.9 cm³/mol. The molecule has 3 nitrogen and oxygen atoms in total. The first-order valence-corrected chi connectivity index (χ1v) is 7.72. The van der Waals surface area contributed by atoms with Crippen LogP contribution in [0.3, 0.4) is 0 Å². The predicted octanol–water partition coefficient (Wildman–Crippen LogP) is 3.98. The Morgan fingerprint density at radius 2 is 1.76 bits per heavy atom. The highest BCUT2D eigenvalue weighted by Gasteiger charge is 2.07. The smallest absolute Gasteiger partial charge is 0.267 e. The molecule has 21 heavy (non-hydrogen) atoms. The van der Waals surface area contributed by atoms with Crippen LogP contribution in [0.5, 0.6) is 0 Å². The summed E-state index contributed by atoms with van der Waals surface area (Å²) >= 11 is 2.14. The molecule has 0 fully saturated rings. The third-order valence-corrected chi connectivity index (χ3v) is 4.16. The van der Waals surface area contributed by atoms with Gasteiger partial charge < -0.3 is 0 Å². The van der Waals surface area contributed by atoms with Crippen LogP contribution in [-0.4, -0.2) is 12.1 Å². The van der Waals surface area contributed by atoms with Crippen molar-refractivity contribution in [1.29, 1.82) is 0 Å². The lowest BCUT2D eigenvalue weighted by Gasteiger charge is -2.07. The first kappa shape index (κ1) is 15.7. The quantitative estimate of drug-likeness (QED) is 0.479. The number of amides is 1. The molecule has 2 rings (SSSR count). The second kappa shape index (κ2) is 6.85. The van der Waals surface area contributed by atoms with Gasteiger partial charge in [-0.2, -0.15) is 5.10 Å². The molecule has 0 spiro atoms. The van der Waals surface area contributed by atoms with Gasteiger partial charge in [0.05, 0.1) is 11.8 Å². The van der Waals surface area contributed by atoms with E-state index in [4.69, 9.17) is 0 Å². The number of halogens is 1. The van der Waals surface area contributed by atoms with E-state index in [0.717, 1.165) is 20.3 Å². The lowest BCUT2D eigenvalue weighted by Crippen LogP contribution is -2.18. The maximum atomic E-state index is 12.1. The standard InChI is InChI=1S/C17H17IN2O/c1-11-8-12(2)15(13(3)9-11)10-19-20-17(21)14-6-4-5-7-16(14)18/h4-10H,1-3H3,(H,20,21)/b19-10+. The van der Waals surface area contributed by atoms with Crippen molar-refractivity contribution in [2.75, 3.05) is 0 Å². The van der Waals surface area contributed by atoms with E-state index in [1.165, 1.54) is 5.56 Å². The molecule has 2 aromatic rings. The summed E-state index contributed by atoms with van der Waals surface area (Å²) in [6, 6.07) is 11.6. The van der Waals surface area contributed by atoms with Crippen molar-refractivity contribution in [1.82, 2.24) is 5.43 Å². The van der Waals surface area contributed by atoms with Crippen LogP contribution in [0.2, 0.25) is 0 Å². The van der Waals surface area contributed by atoms with Crippen molar-refractivity contribution >= 4 is 34.7 Å². The first-order chi connectivity index (χ1) is 9.99. The topological polar surface area (TPSA) is 41.5 Å². The van der Waals surface area contributed by atoms with Crippen LogP contribution in [0.15, 0.2) is 41.5 Å². The minimum absolute atomic E-state index is 0.196. The number of carbonyl (C=O) groups is 1. The Morgan fingerprint density at radius 1 is 1.14 bits per heavy atom.